The SMILES string of the molecule is N#CC1(COC(F)(Cl)S(=O)(=O)NC(=O)c2ccccc2)C2CC3CC(C2)CC1C3. The Morgan fingerprint density at radius 1 is 1.21 bits per heavy atom. The molecule has 4 bridgehead atoms. The number of carbonyl (C=O) groups excluding carboxylic acids is 1. The fourth-order valence-electron chi connectivity index (χ4n) is 5.59. The molecule has 1 atom stereocenters. The number of benzene rings is 1. The van der Waals surface area contributed by atoms with E-state index in [1.807, 2.05) is 0 Å². The molecule has 4 aliphatic rings. The van der Waals surface area contributed by atoms with Gasteiger partial charge in [0, 0.05) is 5.56 Å². The number of nitriles is 1. The molecule has 1 unspecified atom stereocenters. The van der Waals surface area contributed by atoms with Gasteiger partial charge in [0.15, 0.2) is 0 Å². The fraction of sp³-hybridized carbons (Fsp3) is 0.600. The Labute approximate surface area is 174 Å². The molecular weight excluding hydrogens is 419 g/mol. The summed E-state index contributed by atoms with van der Waals surface area (Å²) in [5.74, 6) is 0.259. The molecular formula is C20H22ClFN2O4S. The smallest absolute Gasteiger partial charge is 0.318 e. The van der Waals surface area contributed by atoms with Crippen molar-refractivity contribution in [1.82, 2.24) is 4.72 Å². The minimum Gasteiger partial charge on any atom is -0.318 e. The number of sulfonamides is 1. The Kier molecular flexibility index (Phi) is 5.12. The van der Waals surface area contributed by atoms with E-state index in [0.29, 0.717) is 11.8 Å². The molecule has 1 aromatic rings. The van der Waals surface area contributed by atoms with Crippen LogP contribution in [0.4, 0.5) is 4.39 Å². The first-order chi connectivity index (χ1) is 13.7. The summed E-state index contributed by atoms with van der Waals surface area (Å²) in [4.78, 5) is 12.1. The fourth-order valence-corrected chi connectivity index (χ4v) is 6.45. The summed E-state index contributed by atoms with van der Waals surface area (Å²) in [6.07, 6.45) is 4.69. The van der Waals surface area contributed by atoms with Gasteiger partial charge in [-0.15, -0.1) is 0 Å². The van der Waals surface area contributed by atoms with Crippen LogP contribution in [0, 0.1) is 40.4 Å². The van der Waals surface area contributed by atoms with Crippen LogP contribution >= 0.6 is 11.6 Å². The van der Waals surface area contributed by atoms with E-state index < -0.39 is 32.6 Å². The quantitative estimate of drug-likeness (QED) is 0.682. The van der Waals surface area contributed by atoms with Crippen molar-refractivity contribution in [3.05, 3.63) is 35.9 Å². The van der Waals surface area contributed by atoms with Crippen LogP contribution in [-0.2, 0) is 14.8 Å². The van der Waals surface area contributed by atoms with Crippen LogP contribution in [0.1, 0.15) is 42.5 Å². The molecule has 0 aromatic heterocycles. The van der Waals surface area contributed by atoms with Crippen molar-refractivity contribution in [2.75, 3.05) is 6.61 Å². The Morgan fingerprint density at radius 3 is 2.28 bits per heavy atom. The van der Waals surface area contributed by atoms with Crippen LogP contribution in [0.15, 0.2) is 30.3 Å². The first-order valence-corrected chi connectivity index (χ1v) is 11.6. The summed E-state index contributed by atoms with van der Waals surface area (Å²) in [6.45, 7) is -0.418. The molecule has 0 radical (unpaired) electrons. The normalized spacial score (nSPS) is 34.9. The van der Waals surface area contributed by atoms with E-state index in [2.05, 4.69) is 6.07 Å². The van der Waals surface area contributed by atoms with E-state index in [4.69, 9.17) is 16.3 Å². The zero-order valence-corrected chi connectivity index (χ0v) is 17.3. The third-order valence-electron chi connectivity index (χ3n) is 6.86. The molecule has 1 amide bonds. The molecule has 1 N–H and O–H groups in total. The molecule has 0 spiro atoms. The van der Waals surface area contributed by atoms with Gasteiger partial charge in [-0.1, -0.05) is 18.2 Å². The highest BCUT2D eigenvalue weighted by molar-refractivity contribution is 7.92. The Balaban J connectivity index is 1.48. The number of rotatable bonds is 6. The first-order valence-electron chi connectivity index (χ1n) is 9.71. The Hall–Kier alpha value is -1.69. The molecule has 1 aromatic carbocycles. The number of alkyl halides is 2. The van der Waals surface area contributed by atoms with Gasteiger partial charge in [-0.2, -0.15) is 18.1 Å². The molecule has 4 saturated carbocycles. The van der Waals surface area contributed by atoms with Gasteiger partial charge in [-0.05, 0) is 79.5 Å². The van der Waals surface area contributed by atoms with Gasteiger partial charge in [0.25, 0.3) is 5.91 Å². The number of halogens is 2. The van der Waals surface area contributed by atoms with Crippen molar-refractivity contribution in [1.29, 1.82) is 5.26 Å². The Bertz CT molecular complexity index is 917. The number of nitrogens with zero attached hydrogens (tertiary/aromatic N) is 1. The van der Waals surface area contributed by atoms with Crippen LogP contribution in [-0.4, -0.2) is 25.6 Å². The van der Waals surface area contributed by atoms with E-state index in [0.717, 1.165) is 25.7 Å². The van der Waals surface area contributed by atoms with Crippen molar-refractivity contribution in [3.8, 4) is 6.07 Å². The monoisotopic (exact) mass is 440 g/mol. The van der Waals surface area contributed by atoms with Gasteiger partial charge >= 0.3 is 14.7 Å². The van der Waals surface area contributed by atoms with Crippen LogP contribution in [0.25, 0.3) is 0 Å². The van der Waals surface area contributed by atoms with Gasteiger partial charge in [0.05, 0.1) is 18.1 Å². The van der Waals surface area contributed by atoms with Gasteiger partial charge in [0.1, 0.15) is 0 Å². The minimum absolute atomic E-state index is 0.0399. The zero-order valence-electron chi connectivity index (χ0n) is 15.7. The molecule has 5 rings (SSSR count). The molecule has 156 valence electrons. The van der Waals surface area contributed by atoms with Crippen molar-refractivity contribution in [2.45, 2.75) is 36.8 Å². The largest absolute Gasteiger partial charge is 0.409 e. The van der Waals surface area contributed by atoms with Gasteiger partial charge in [-0.25, -0.2) is 4.72 Å². The molecule has 0 aliphatic heterocycles. The average Bonchev–Trinajstić information content (AvgIpc) is 2.68. The summed E-state index contributed by atoms with van der Waals surface area (Å²) >= 11 is 5.59. The molecule has 29 heavy (non-hydrogen) atoms. The van der Waals surface area contributed by atoms with Crippen molar-refractivity contribution in [3.63, 3.8) is 0 Å². The second-order valence-electron chi connectivity index (χ2n) is 8.51. The number of hydrogen-bond acceptors (Lipinski definition) is 5. The molecule has 0 heterocycles. The molecule has 9 heteroatoms. The summed E-state index contributed by atoms with van der Waals surface area (Å²) < 4.78 is 42.6. The summed E-state index contributed by atoms with van der Waals surface area (Å²) in [5.41, 5.74) is -0.906. The third-order valence-corrected chi connectivity index (χ3v) is 8.77. The standard InChI is InChI=1S/C20H22ClFN2O4S/c21-20(22,29(26,27)24-18(25)15-4-2-1-3-5-15)28-12-19(11-23)16-7-13-6-14(9-16)10-17(19)8-13/h1-5,13-14,16-17H,6-10,12H2,(H,24,25). The molecule has 0 saturated heterocycles. The van der Waals surface area contributed by atoms with Gasteiger partial charge in [0.2, 0.25) is 0 Å². The second kappa shape index (κ2) is 7.22. The van der Waals surface area contributed by atoms with Crippen LogP contribution in [0.5, 0.6) is 0 Å². The number of nitrogens with one attached hydrogen (secondary N) is 1. The van der Waals surface area contributed by atoms with Crippen molar-refractivity contribution >= 4 is 27.5 Å². The molecule has 4 fully saturated rings. The molecule has 4 aliphatic carbocycles. The highest BCUT2D eigenvalue weighted by atomic mass is 35.5. The number of ether oxygens (including phenoxy) is 1. The minimum atomic E-state index is -5.00. The predicted octanol–water partition coefficient (Wildman–Crippen LogP) is 3.55. The summed E-state index contributed by atoms with van der Waals surface area (Å²) in [6, 6.07) is 9.84. The maximum absolute atomic E-state index is 14.9. The topological polar surface area (TPSA) is 96.3 Å². The van der Waals surface area contributed by atoms with E-state index in [1.165, 1.54) is 18.6 Å². The summed E-state index contributed by atoms with van der Waals surface area (Å²) in [7, 11) is -5.00. The highest BCUT2D eigenvalue weighted by Crippen LogP contribution is 2.62. The van der Waals surface area contributed by atoms with Crippen LogP contribution in [0.3, 0.4) is 0 Å². The highest BCUT2D eigenvalue weighted by Gasteiger charge is 2.59. The number of carbonyl (C=O) groups is 1. The van der Waals surface area contributed by atoms with Crippen LogP contribution < -0.4 is 4.72 Å². The lowest BCUT2D eigenvalue weighted by Crippen LogP contribution is -2.55. The zero-order chi connectivity index (χ0) is 20.9. The van der Waals surface area contributed by atoms with Gasteiger partial charge < -0.3 is 4.74 Å². The van der Waals surface area contributed by atoms with Gasteiger partial charge in [-0.3, -0.25) is 4.79 Å². The second-order valence-corrected chi connectivity index (χ2v) is 11.0. The number of amides is 1. The maximum Gasteiger partial charge on any atom is 0.409 e. The van der Waals surface area contributed by atoms with E-state index >= 15 is 0 Å². The predicted molar refractivity (Wildman–Crippen MR) is 104 cm³/mol. The lowest BCUT2D eigenvalue weighted by molar-refractivity contribution is -0.138. The van der Waals surface area contributed by atoms with E-state index in [1.54, 1.807) is 22.9 Å². The lowest BCUT2D eigenvalue weighted by Gasteiger charge is -2.58. The molecule has 6 nitrogen and oxygen atoms in total. The third kappa shape index (κ3) is 3.54. The lowest BCUT2D eigenvalue weighted by atomic mass is 9.46. The van der Waals surface area contributed by atoms with Crippen molar-refractivity contribution < 1.29 is 22.3 Å². The Morgan fingerprint density at radius 2 is 1.76 bits per heavy atom. The first kappa shape index (κ1) is 20.6. The summed E-state index contributed by atoms with van der Waals surface area (Å²) in [5, 5.41) is 9.93. The van der Waals surface area contributed by atoms with Crippen molar-refractivity contribution in [2.24, 2.45) is 29.1 Å². The average molecular weight is 441 g/mol. The van der Waals surface area contributed by atoms with E-state index in [9.17, 15) is 22.9 Å². The number of hydrogen-bond donors (Lipinski definition) is 1. The van der Waals surface area contributed by atoms with Crippen LogP contribution in [0.2, 0.25) is 0 Å². The maximum atomic E-state index is 14.9. The van der Waals surface area contributed by atoms with E-state index in [-0.39, 0.29) is 17.4 Å².